The zero-order valence-corrected chi connectivity index (χ0v) is 46.4. The molecule has 1 saturated carbocycles. The number of aryl methyl sites for hydroxylation is 4. The number of nitrogens with one attached hydrogen (secondary N) is 2. The van der Waals surface area contributed by atoms with Crippen molar-refractivity contribution in [1.29, 1.82) is 0 Å². The number of imide groups is 2. The average Bonchev–Trinajstić information content (AvgIpc) is 4.18. The van der Waals surface area contributed by atoms with Crippen molar-refractivity contribution < 1.29 is 33.2 Å². The van der Waals surface area contributed by atoms with E-state index >= 15 is 9.18 Å². The number of pyridine rings is 1. The summed E-state index contributed by atoms with van der Waals surface area (Å²) in [6.07, 6.45) is 10.4. The van der Waals surface area contributed by atoms with Crippen LogP contribution in [0.25, 0.3) is 22.3 Å². The molecule has 79 heavy (non-hydrogen) atoms. The summed E-state index contributed by atoms with van der Waals surface area (Å²) in [5, 5.41) is 5.59. The van der Waals surface area contributed by atoms with Crippen LogP contribution in [0.3, 0.4) is 0 Å². The molecular weight excluding hydrogens is 1000 g/mol. The van der Waals surface area contributed by atoms with Crippen LogP contribution < -0.4 is 15.5 Å². The minimum Gasteiger partial charge on any atom is -0.341 e. The second-order valence-corrected chi connectivity index (χ2v) is 23.4. The van der Waals surface area contributed by atoms with Gasteiger partial charge in [0.15, 0.2) is 5.82 Å². The second kappa shape index (κ2) is 22.3. The smallest absolute Gasteiger partial charge is 0.261 e. The van der Waals surface area contributed by atoms with Crippen LogP contribution in [-0.2, 0) is 35.8 Å². The van der Waals surface area contributed by atoms with Crippen molar-refractivity contribution in [1.82, 2.24) is 44.4 Å². The molecule has 416 valence electrons. The normalized spacial score (nSPS) is 21.9. The number of hydrogen-bond acceptors (Lipinski definition) is 12. The van der Waals surface area contributed by atoms with Crippen molar-refractivity contribution in [3.63, 3.8) is 0 Å². The summed E-state index contributed by atoms with van der Waals surface area (Å²) in [6, 6.07) is 16.9. The summed E-state index contributed by atoms with van der Waals surface area (Å²) in [4.78, 5) is 102. The summed E-state index contributed by atoms with van der Waals surface area (Å²) in [6.45, 7) is 17.2. The number of carbonyl (C=O) groups is 6. The first kappa shape index (κ1) is 54.1. The molecule has 5 aromatic rings. The molecule has 11 rings (SSSR count). The van der Waals surface area contributed by atoms with Gasteiger partial charge in [0.1, 0.15) is 17.4 Å². The molecule has 1 atom stereocenters. The molecular formula is C61H74FN11O6. The van der Waals surface area contributed by atoms with Gasteiger partial charge < -0.3 is 29.5 Å². The van der Waals surface area contributed by atoms with E-state index < -0.39 is 29.2 Å². The summed E-state index contributed by atoms with van der Waals surface area (Å²) >= 11 is 0. The number of piperazine rings is 1. The fourth-order valence-corrected chi connectivity index (χ4v) is 13.3. The number of fused-ring (bicyclic) bond motifs is 3. The van der Waals surface area contributed by atoms with E-state index in [4.69, 9.17) is 9.97 Å². The lowest BCUT2D eigenvalue weighted by Gasteiger charge is -2.48. The molecule has 6 amide bonds. The van der Waals surface area contributed by atoms with Crippen molar-refractivity contribution in [3.05, 3.63) is 100 Å². The van der Waals surface area contributed by atoms with Crippen molar-refractivity contribution in [2.45, 2.75) is 135 Å². The summed E-state index contributed by atoms with van der Waals surface area (Å²) < 4.78 is 17.6. The third-order valence-electron chi connectivity index (χ3n) is 18.2. The Labute approximate surface area is 461 Å². The van der Waals surface area contributed by atoms with Gasteiger partial charge in [-0.3, -0.25) is 43.9 Å². The first-order valence-electron chi connectivity index (χ1n) is 28.7. The summed E-state index contributed by atoms with van der Waals surface area (Å²) in [7, 11) is 0. The molecule has 1 unspecified atom stereocenters. The first-order chi connectivity index (χ1) is 38.1. The number of carbonyl (C=O) groups excluding carboxylic acids is 6. The maximum atomic E-state index is 15.6. The van der Waals surface area contributed by atoms with Crippen LogP contribution in [-0.4, -0.2) is 159 Å². The molecule has 3 aromatic carbocycles. The lowest BCUT2D eigenvalue weighted by atomic mass is 9.73. The topological polar surface area (TPSA) is 177 Å². The maximum absolute atomic E-state index is 15.6. The highest BCUT2D eigenvalue weighted by atomic mass is 19.1. The molecule has 5 aliphatic heterocycles. The molecule has 5 fully saturated rings. The molecule has 7 heterocycles. The number of imidazole rings is 1. The van der Waals surface area contributed by atoms with Crippen LogP contribution in [0.1, 0.15) is 122 Å². The highest BCUT2D eigenvalue weighted by molar-refractivity contribution is 6.10. The van der Waals surface area contributed by atoms with Gasteiger partial charge in [-0.2, -0.15) is 0 Å². The van der Waals surface area contributed by atoms with Crippen LogP contribution in [0.2, 0.25) is 0 Å². The number of likely N-dealkylation sites (tertiary alicyclic amines) is 2. The molecule has 6 aliphatic rings. The number of hydrogen-bond donors (Lipinski definition) is 2. The van der Waals surface area contributed by atoms with Gasteiger partial charge in [0.25, 0.3) is 5.91 Å². The molecule has 4 saturated heterocycles. The Hall–Kier alpha value is -6.89. The van der Waals surface area contributed by atoms with Gasteiger partial charge >= 0.3 is 0 Å². The number of rotatable bonds is 15. The largest absolute Gasteiger partial charge is 0.341 e. The fourth-order valence-electron chi connectivity index (χ4n) is 13.3. The van der Waals surface area contributed by atoms with Crippen LogP contribution in [0.15, 0.2) is 60.9 Å². The van der Waals surface area contributed by atoms with Crippen LogP contribution in [0, 0.1) is 26.6 Å². The van der Waals surface area contributed by atoms with E-state index in [2.05, 4.69) is 66.8 Å². The minimum absolute atomic E-state index is 0.0567. The number of piperidine rings is 3. The van der Waals surface area contributed by atoms with E-state index in [1.807, 2.05) is 62.3 Å². The van der Waals surface area contributed by atoms with Crippen molar-refractivity contribution in [2.24, 2.45) is 0 Å². The molecule has 17 nitrogen and oxygen atoms in total. The van der Waals surface area contributed by atoms with Gasteiger partial charge in [-0.1, -0.05) is 36.8 Å². The monoisotopic (exact) mass is 1080 g/mol. The Morgan fingerprint density at radius 3 is 2.33 bits per heavy atom. The molecule has 18 heteroatoms. The van der Waals surface area contributed by atoms with Gasteiger partial charge in [-0.05, 0) is 164 Å². The molecule has 0 bridgehead atoms. The molecule has 1 aliphatic carbocycles. The lowest BCUT2D eigenvalue weighted by Crippen LogP contribution is -2.58. The Bertz CT molecular complexity index is 3200. The molecule has 2 aromatic heterocycles. The number of anilines is 3. The van der Waals surface area contributed by atoms with Crippen LogP contribution >= 0.6 is 0 Å². The van der Waals surface area contributed by atoms with Crippen molar-refractivity contribution >= 4 is 64.2 Å². The van der Waals surface area contributed by atoms with E-state index in [9.17, 15) is 24.0 Å². The molecule has 2 N–H and O–H groups in total. The predicted molar refractivity (Wildman–Crippen MR) is 301 cm³/mol. The Morgan fingerprint density at radius 2 is 1.61 bits per heavy atom. The standard InChI is InChI=1S/C61H74FN11O6/c1-38(2)71-36-63-50-34-48(64-57(56(50)71)65-49-30-41(5)40(4)29-47(49)62)43-14-15-46-52(31-43)73(45-32-44(33-45)69-21-7-6-8-22-69)60(79)61(46)18-23-70(24-19-61)54(76)35-68-27-25-67(26-28-68)20-10-13-42-12-9-11-39(3)55(42)59(78)72(37-74)51-16-17-53(75)66-58(51)77/h9,11-12,14-15,29-31,34,36-38,44-45,51H,6-8,10,13,16-28,32-33,35H2,1-5H3,(H,64,65)(H,66,75,77). The van der Waals surface area contributed by atoms with E-state index in [0.717, 1.165) is 115 Å². The quantitative estimate of drug-likeness (QED) is 0.0788. The minimum atomic E-state index is -1.04. The molecule has 1 spiro atoms. The summed E-state index contributed by atoms with van der Waals surface area (Å²) in [5.41, 5.74) is 8.34. The fraction of sp³-hybridized carbons (Fsp3) is 0.508. The zero-order chi connectivity index (χ0) is 55.3. The highest BCUT2D eigenvalue weighted by Crippen LogP contribution is 2.52. The van der Waals surface area contributed by atoms with Crippen molar-refractivity contribution in [3.8, 4) is 11.3 Å². The second-order valence-electron chi connectivity index (χ2n) is 23.4. The zero-order valence-electron chi connectivity index (χ0n) is 46.4. The average molecular weight is 1080 g/mol. The molecule has 0 radical (unpaired) electrons. The Balaban J connectivity index is 0.753. The Morgan fingerprint density at radius 1 is 0.873 bits per heavy atom. The van der Waals surface area contributed by atoms with E-state index in [1.54, 1.807) is 6.07 Å². The number of amides is 6. The third kappa shape index (κ3) is 10.5. The summed E-state index contributed by atoms with van der Waals surface area (Å²) in [5.74, 6) is -1.24. The van der Waals surface area contributed by atoms with Gasteiger partial charge in [0, 0.05) is 80.6 Å². The number of benzene rings is 3. The maximum Gasteiger partial charge on any atom is 0.261 e. The van der Waals surface area contributed by atoms with Gasteiger partial charge in [-0.15, -0.1) is 0 Å². The number of nitrogens with zero attached hydrogens (tertiary/aromatic N) is 9. The SMILES string of the molecule is Cc1cc(F)c(Nc2nc(-c3ccc4c(c3)N(C3CC(N5CCCCC5)C3)C(=O)C43CCN(C(=O)CN4CCN(CCCc5cccc(C)c5C(=O)N(C=O)C5CCC(=O)NC5=O)CC4)CC3)cc3ncn(C(C)C)c23)cc1C. The third-order valence-corrected chi connectivity index (χ3v) is 18.2. The number of halogens is 1. The Kier molecular flexibility index (Phi) is 15.3. The predicted octanol–water partition coefficient (Wildman–Crippen LogP) is 7.37. The van der Waals surface area contributed by atoms with E-state index in [1.165, 1.54) is 19.3 Å². The van der Waals surface area contributed by atoms with Gasteiger partial charge in [0.2, 0.25) is 30.0 Å². The number of aromatic nitrogens is 3. The van der Waals surface area contributed by atoms with Gasteiger partial charge in [0.05, 0.1) is 35.2 Å². The first-order valence-corrected chi connectivity index (χ1v) is 28.7. The van der Waals surface area contributed by atoms with E-state index in [0.29, 0.717) is 79.7 Å². The van der Waals surface area contributed by atoms with Crippen molar-refractivity contribution in [2.75, 3.05) is 75.7 Å². The van der Waals surface area contributed by atoms with E-state index in [-0.39, 0.29) is 42.6 Å². The van der Waals surface area contributed by atoms with Gasteiger partial charge in [-0.25, -0.2) is 14.4 Å². The lowest BCUT2D eigenvalue weighted by molar-refractivity contribution is -0.139. The van der Waals surface area contributed by atoms with Crippen LogP contribution in [0.4, 0.5) is 21.6 Å². The highest BCUT2D eigenvalue weighted by Gasteiger charge is 2.56. The van der Waals surface area contributed by atoms with Crippen LogP contribution in [0.5, 0.6) is 0 Å².